The first kappa shape index (κ1) is 20.6. The SMILES string of the molecule is Cc1cccc(N(C)S(=O)(=O)c2ccc3c(c2)sc(=O)n3CC(=O)N2CCCC2)c1. The van der Waals surface area contributed by atoms with Crippen LogP contribution in [-0.4, -0.2) is 43.9 Å². The Morgan fingerprint density at radius 1 is 1.13 bits per heavy atom. The minimum Gasteiger partial charge on any atom is -0.341 e. The van der Waals surface area contributed by atoms with Gasteiger partial charge in [-0.25, -0.2) is 8.42 Å². The summed E-state index contributed by atoms with van der Waals surface area (Å²) in [6, 6.07) is 11.9. The van der Waals surface area contributed by atoms with E-state index in [1.807, 2.05) is 19.1 Å². The maximum Gasteiger partial charge on any atom is 0.308 e. The average Bonchev–Trinajstić information content (AvgIpc) is 3.35. The molecule has 1 saturated heterocycles. The lowest BCUT2D eigenvalue weighted by Gasteiger charge is -2.20. The second kappa shape index (κ2) is 7.88. The lowest BCUT2D eigenvalue weighted by atomic mass is 10.2. The van der Waals surface area contributed by atoms with E-state index in [1.165, 1.54) is 28.1 Å². The molecule has 1 aliphatic rings. The second-order valence-corrected chi connectivity index (χ2v) is 10.4. The van der Waals surface area contributed by atoms with Crippen LogP contribution in [-0.2, 0) is 21.4 Å². The largest absolute Gasteiger partial charge is 0.341 e. The number of carbonyl (C=O) groups is 1. The third kappa shape index (κ3) is 3.75. The van der Waals surface area contributed by atoms with Crippen LogP contribution in [0.5, 0.6) is 0 Å². The molecule has 0 saturated carbocycles. The van der Waals surface area contributed by atoms with E-state index >= 15 is 0 Å². The summed E-state index contributed by atoms with van der Waals surface area (Å²) >= 11 is 0.957. The van der Waals surface area contributed by atoms with E-state index in [2.05, 4.69) is 0 Å². The van der Waals surface area contributed by atoms with Gasteiger partial charge in [-0.3, -0.25) is 18.5 Å². The first-order valence-electron chi connectivity index (χ1n) is 9.74. The molecule has 2 heterocycles. The van der Waals surface area contributed by atoms with Crippen molar-refractivity contribution in [2.24, 2.45) is 0 Å². The Balaban J connectivity index is 1.67. The molecule has 30 heavy (non-hydrogen) atoms. The first-order chi connectivity index (χ1) is 14.3. The zero-order valence-electron chi connectivity index (χ0n) is 16.9. The number of hydrogen-bond donors (Lipinski definition) is 0. The van der Waals surface area contributed by atoms with Crippen LogP contribution in [0.25, 0.3) is 10.2 Å². The average molecular weight is 446 g/mol. The van der Waals surface area contributed by atoms with Crippen LogP contribution in [0.15, 0.2) is 52.2 Å². The number of carbonyl (C=O) groups excluding carboxylic acids is 1. The van der Waals surface area contributed by atoms with Crippen LogP contribution in [0.2, 0.25) is 0 Å². The van der Waals surface area contributed by atoms with Crippen LogP contribution in [0.1, 0.15) is 18.4 Å². The van der Waals surface area contributed by atoms with Crippen molar-refractivity contribution < 1.29 is 13.2 Å². The highest BCUT2D eigenvalue weighted by molar-refractivity contribution is 7.92. The van der Waals surface area contributed by atoms with Crippen LogP contribution < -0.4 is 9.18 Å². The summed E-state index contributed by atoms with van der Waals surface area (Å²) in [5, 5.41) is 0. The number of amides is 1. The lowest BCUT2D eigenvalue weighted by molar-refractivity contribution is -0.130. The zero-order chi connectivity index (χ0) is 21.5. The molecule has 2 aromatic carbocycles. The predicted molar refractivity (Wildman–Crippen MR) is 119 cm³/mol. The Labute approximate surface area is 179 Å². The molecular formula is C21H23N3O4S2. The van der Waals surface area contributed by atoms with Gasteiger partial charge in [-0.2, -0.15) is 0 Å². The highest BCUT2D eigenvalue weighted by atomic mass is 32.2. The summed E-state index contributed by atoms with van der Waals surface area (Å²) in [5.74, 6) is -0.0785. The molecule has 1 amide bonds. The summed E-state index contributed by atoms with van der Waals surface area (Å²) in [6.45, 7) is 3.33. The van der Waals surface area contributed by atoms with Crippen LogP contribution in [0, 0.1) is 6.92 Å². The van der Waals surface area contributed by atoms with Gasteiger partial charge in [0.25, 0.3) is 10.0 Å². The number of likely N-dealkylation sites (tertiary alicyclic amines) is 1. The summed E-state index contributed by atoms with van der Waals surface area (Å²) in [7, 11) is -2.28. The van der Waals surface area contributed by atoms with Gasteiger partial charge < -0.3 is 4.90 Å². The molecule has 4 rings (SSSR count). The molecule has 0 spiro atoms. The molecule has 0 N–H and O–H groups in total. The first-order valence-corrected chi connectivity index (χ1v) is 12.0. The highest BCUT2D eigenvalue weighted by Crippen LogP contribution is 2.27. The predicted octanol–water partition coefficient (Wildman–Crippen LogP) is 2.82. The molecule has 0 bridgehead atoms. The number of aromatic nitrogens is 1. The molecule has 7 nitrogen and oxygen atoms in total. The minimum absolute atomic E-state index is 0.0197. The van der Waals surface area contributed by atoms with Crippen molar-refractivity contribution in [1.29, 1.82) is 0 Å². The summed E-state index contributed by atoms with van der Waals surface area (Å²) in [5.41, 5.74) is 2.11. The minimum atomic E-state index is -3.79. The van der Waals surface area contributed by atoms with Gasteiger partial charge in [0.2, 0.25) is 5.91 Å². The standard InChI is InChI=1S/C21H23N3O4S2/c1-15-6-5-7-16(12-15)22(2)30(27,28)17-8-9-18-19(13-17)29-21(26)24(18)14-20(25)23-10-3-4-11-23/h5-9,12-13H,3-4,10-11,14H2,1-2H3. The molecule has 0 atom stereocenters. The Kier molecular flexibility index (Phi) is 5.42. The number of nitrogens with zero attached hydrogens (tertiary/aromatic N) is 3. The van der Waals surface area contributed by atoms with Gasteiger partial charge in [-0.1, -0.05) is 23.5 Å². The van der Waals surface area contributed by atoms with Gasteiger partial charge in [0.1, 0.15) is 6.54 Å². The summed E-state index contributed by atoms with van der Waals surface area (Å²) in [4.78, 5) is 26.6. The molecule has 1 fully saturated rings. The van der Waals surface area contributed by atoms with Gasteiger partial charge in [0.15, 0.2) is 0 Å². The van der Waals surface area contributed by atoms with Crippen molar-refractivity contribution in [2.45, 2.75) is 31.2 Å². The fourth-order valence-corrected chi connectivity index (χ4v) is 5.90. The van der Waals surface area contributed by atoms with Gasteiger partial charge in [-0.15, -0.1) is 0 Å². The van der Waals surface area contributed by atoms with E-state index in [1.54, 1.807) is 23.1 Å². The maximum absolute atomic E-state index is 13.1. The third-order valence-corrected chi connectivity index (χ3v) is 8.14. The van der Waals surface area contributed by atoms with Crippen molar-refractivity contribution in [1.82, 2.24) is 9.47 Å². The second-order valence-electron chi connectivity index (χ2n) is 7.48. The molecule has 158 valence electrons. The van der Waals surface area contributed by atoms with E-state index in [0.29, 0.717) is 15.9 Å². The fourth-order valence-electron chi connectivity index (χ4n) is 3.68. The number of fused-ring (bicyclic) bond motifs is 1. The van der Waals surface area contributed by atoms with E-state index in [0.717, 1.165) is 42.8 Å². The van der Waals surface area contributed by atoms with Crippen molar-refractivity contribution in [3.8, 4) is 0 Å². The van der Waals surface area contributed by atoms with Gasteiger partial charge in [-0.05, 0) is 55.7 Å². The number of thiazole rings is 1. The Morgan fingerprint density at radius 2 is 1.87 bits per heavy atom. The van der Waals surface area contributed by atoms with Crippen molar-refractivity contribution >= 4 is 43.2 Å². The Bertz CT molecular complexity index is 1270. The number of anilines is 1. The third-order valence-electron chi connectivity index (χ3n) is 5.42. The molecule has 1 aromatic heterocycles. The monoisotopic (exact) mass is 445 g/mol. The number of hydrogen-bond acceptors (Lipinski definition) is 5. The number of benzene rings is 2. The zero-order valence-corrected chi connectivity index (χ0v) is 18.5. The molecular weight excluding hydrogens is 422 g/mol. The van der Waals surface area contributed by atoms with E-state index < -0.39 is 10.0 Å². The topological polar surface area (TPSA) is 79.7 Å². The molecule has 9 heteroatoms. The maximum atomic E-state index is 13.1. The number of aryl methyl sites for hydroxylation is 1. The number of rotatable bonds is 5. The molecule has 1 aliphatic heterocycles. The Morgan fingerprint density at radius 3 is 2.57 bits per heavy atom. The highest BCUT2D eigenvalue weighted by Gasteiger charge is 2.24. The van der Waals surface area contributed by atoms with Crippen LogP contribution in [0.3, 0.4) is 0 Å². The molecule has 0 aliphatic carbocycles. The van der Waals surface area contributed by atoms with Crippen molar-refractivity contribution in [2.75, 3.05) is 24.4 Å². The number of sulfonamides is 1. The van der Waals surface area contributed by atoms with E-state index in [4.69, 9.17) is 0 Å². The van der Waals surface area contributed by atoms with Crippen LogP contribution >= 0.6 is 11.3 Å². The molecule has 3 aromatic rings. The lowest BCUT2D eigenvalue weighted by Crippen LogP contribution is -2.33. The molecule has 0 radical (unpaired) electrons. The fraction of sp³-hybridized carbons (Fsp3) is 0.333. The van der Waals surface area contributed by atoms with Gasteiger partial charge >= 0.3 is 4.87 Å². The summed E-state index contributed by atoms with van der Waals surface area (Å²) in [6.07, 6.45) is 1.97. The van der Waals surface area contributed by atoms with Crippen LogP contribution in [0.4, 0.5) is 5.69 Å². The van der Waals surface area contributed by atoms with Crippen molar-refractivity contribution in [3.05, 3.63) is 57.7 Å². The smallest absolute Gasteiger partial charge is 0.308 e. The van der Waals surface area contributed by atoms with Crippen molar-refractivity contribution in [3.63, 3.8) is 0 Å². The van der Waals surface area contributed by atoms with E-state index in [9.17, 15) is 18.0 Å². The quantitative estimate of drug-likeness (QED) is 0.605. The van der Waals surface area contributed by atoms with Gasteiger partial charge in [0, 0.05) is 20.1 Å². The normalized spacial score (nSPS) is 14.4. The van der Waals surface area contributed by atoms with E-state index in [-0.39, 0.29) is 22.2 Å². The molecule has 0 unspecified atom stereocenters. The Hall–Kier alpha value is -2.65. The van der Waals surface area contributed by atoms with Gasteiger partial charge in [0.05, 0.1) is 20.8 Å². The summed E-state index contributed by atoms with van der Waals surface area (Å²) < 4.78 is 29.4.